The molecule has 0 spiro atoms. The van der Waals surface area contributed by atoms with Crippen molar-refractivity contribution in [3.63, 3.8) is 0 Å². The molecule has 39 heavy (non-hydrogen) atoms. The molecule has 1 atom stereocenters. The molecule has 0 fully saturated rings. The van der Waals surface area contributed by atoms with Gasteiger partial charge in [-0.1, -0.05) is 12.1 Å². The number of urea groups is 1. The predicted molar refractivity (Wildman–Crippen MR) is 152 cm³/mol. The van der Waals surface area contributed by atoms with E-state index in [1.54, 1.807) is 0 Å². The van der Waals surface area contributed by atoms with Crippen LogP contribution < -0.4 is 19.5 Å². The number of rotatable bonds is 4. The topological polar surface area (TPSA) is 65.0 Å². The van der Waals surface area contributed by atoms with Crippen molar-refractivity contribution in [1.82, 2.24) is 9.47 Å². The number of amides is 2. The van der Waals surface area contributed by atoms with E-state index in [0.717, 1.165) is 29.8 Å². The van der Waals surface area contributed by atoms with Crippen molar-refractivity contribution in [2.75, 3.05) is 25.1 Å². The van der Waals surface area contributed by atoms with Gasteiger partial charge in [-0.2, -0.15) is 0 Å². The molecule has 2 aromatic carbocycles. The molecule has 7 nitrogen and oxygen atoms in total. The average Bonchev–Trinajstić information content (AvgIpc) is 3.55. The summed E-state index contributed by atoms with van der Waals surface area (Å²) in [7, 11) is 0. The van der Waals surface area contributed by atoms with Crippen LogP contribution in [0.15, 0.2) is 60.8 Å². The normalized spacial score (nSPS) is 17.5. The van der Waals surface area contributed by atoms with E-state index in [4.69, 9.17) is 14.2 Å². The Balaban J connectivity index is 1.33. The number of fused-ring (bicyclic) bond motifs is 6. The zero-order valence-corrected chi connectivity index (χ0v) is 22.8. The summed E-state index contributed by atoms with van der Waals surface area (Å²) < 4.78 is 19.6. The third-order valence-corrected chi connectivity index (χ3v) is 9.05. The second kappa shape index (κ2) is 10.0. The highest BCUT2D eigenvalue weighted by Crippen LogP contribution is 2.44. The first-order chi connectivity index (χ1) is 19.2. The minimum Gasteiger partial charge on any atom is -0.494 e. The lowest BCUT2D eigenvalue weighted by molar-refractivity contribution is 0.171. The summed E-state index contributed by atoms with van der Waals surface area (Å²) in [6, 6.07) is 17.5. The van der Waals surface area contributed by atoms with Gasteiger partial charge in [0.25, 0.3) is 0 Å². The highest BCUT2D eigenvalue weighted by molar-refractivity contribution is 7.15. The number of carbonyl (C=O) groups excluding carboxylic acids is 1. The number of carbonyl (C=O) groups is 1. The van der Waals surface area contributed by atoms with Crippen molar-refractivity contribution in [2.24, 2.45) is 0 Å². The van der Waals surface area contributed by atoms with Crippen LogP contribution in [0.3, 0.4) is 0 Å². The summed E-state index contributed by atoms with van der Waals surface area (Å²) in [6.45, 7) is 4.13. The second-order valence-corrected chi connectivity index (χ2v) is 11.2. The minimum absolute atomic E-state index is 0.158. The fourth-order valence-electron chi connectivity index (χ4n) is 5.99. The molecule has 2 amide bonds. The van der Waals surface area contributed by atoms with Gasteiger partial charge >= 0.3 is 6.03 Å². The third kappa shape index (κ3) is 4.33. The van der Waals surface area contributed by atoms with E-state index in [0.29, 0.717) is 43.6 Å². The van der Waals surface area contributed by atoms with Gasteiger partial charge in [-0.05, 0) is 80.1 Å². The van der Waals surface area contributed by atoms with Crippen molar-refractivity contribution in [2.45, 2.75) is 45.2 Å². The summed E-state index contributed by atoms with van der Waals surface area (Å²) in [5, 5.41) is 4.41. The summed E-state index contributed by atoms with van der Waals surface area (Å²) in [6.07, 6.45) is 6.74. The van der Waals surface area contributed by atoms with Crippen LogP contribution in [-0.4, -0.2) is 35.3 Å². The van der Waals surface area contributed by atoms with E-state index in [1.165, 1.54) is 33.8 Å². The predicted octanol–water partition coefficient (Wildman–Crippen LogP) is 6.72. The molecule has 2 aliphatic heterocycles. The molecular weight excluding hydrogens is 510 g/mol. The molecule has 0 radical (unpaired) electrons. The quantitative estimate of drug-likeness (QED) is 0.311. The van der Waals surface area contributed by atoms with Gasteiger partial charge in [0.2, 0.25) is 0 Å². The van der Waals surface area contributed by atoms with Crippen molar-refractivity contribution in [3.05, 3.63) is 88.1 Å². The van der Waals surface area contributed by atoms with Gasteiger partial charge < -0.3 is 29.0 Å². The van der Waals surface area contributed by atoms with Gasteiger partial charge in [0.1, 0.15) is 24.0 Å². The lowest BCUT2D eigenvalue weighted by atomic mass is 9.95. The van der Waals surface area contributed by atoms with E-state index in [-0.39, 0.29) is 12.1 Å². The smallest absolute Gasteiger partial charge is 0.322 e. The van der Waals surface area contributed by atoms with E-state index in [2.05, 4.69) is 40.3 Å². The number of nitrogens with one attached hydrogen (secondary N) is 1. The average molecular weight is 542 g/mol. The zero-order chi connectivity index (χ0) is 26.3. The molecule has 1 aliphatic carbocycles. The molecule has 0 bridgehead atoms. The summed E-state index contributed by atoms with van der Waals surface area (Å²) in [5.41, 5.74) is 5.47. The number of benzene rings is 2. The van der Waals surface area contributed by atoms with Crippen LogP contribution in [0.1, 0.15) is 53.1 Å². The van der Waals surface area contributed by atoms with Crippen molar-refractivity contribution in [3.8, 4) is 22.2 Å². The van der Waals surface area contributed by atoms with Gasteiger partial charge in [-0.3, -0.25) is 0 Å². The van der Waals surface area contributed by atoms with Crippen LogP contribution in [0.4, 0.5) is 10.5 Å². The molecule has 0 saturated heterocycles. The van der Waals surface area contributed by atoms with Crippen LogP contribution in [-0.2, 0) is 19.4 Å². The molecule has 200 valence electrons. The Hall–Kier alpha value is -3.91. The Labute approximate surface area is 231 Å². The molecule has 2 aromatic heterocycles. The van der Waals surface area contributed by atoms with Gasteiger partial charge in [-0.25, -0.2) is 4.79 Å². The molecule has 3 aliphatic rings. The van der Waals surface area contributed by atoms with Crippen LogP contribution in [0, 0.1) is 0 Å². The maximum Gasteiger partial charge on any atom is 0.322 e. The summed E-state index contributed by atoms with van der Waals surface area (Å²) >= 11 is 1.89. The Morgan fingerprint density at radius 2 is 1.90 bits per heavy atom. The van der Waals surface area contributed by atoms with Crippen LogP contribution in [0.5, 0.6) is 17.2 Å². The second-order valence-electron chi connectivity index (χ2n) is 10.1. The van der Waals surface area contributed by atoms with E-state index in [9.17, 15) is 4.79 Å². The van der Waals surface area contributed by atoms with Crippen molar-refractivity contribution >= 4 is 23.1 Å². The number of hydrogen-bond acceptors (Lipinski definition) is 5. The number of thiophene rings is 1. The fraction of sp³-hybridized carbons (Fsp3) is 0.323. The summed E-state index contributed by atoms with van der Waals surface area (Å²) in [5.74, 6) is 2.16. The first-order valence-corrected chi connectivity index (χ1v) is 14.5. The number of aryl methyl sites for hydroxylation is 1. The van der Waals surface area contributed by atoms with Gasteiger partial charge in [0.05, 0.1) is 24.9 Å². The maximum absolute atomic E-state index is 14.2. The van der Waals surface area contributed by atoms with Crippen LogP contribution in [0.2, 0.25) is 0 Å². The van der Waals surface area contributed by atoms with E-state index in [1.807, 2.05) is 53.5 Å². The molecule has 7 rings (SSSR count). The monoisotopic (exact) mass is 541 g/mol. The largest absolute Gasteiger partial charge is 0.494 e. The highest BCUT2D eigenvalue weighted by Gasteiger charge is 2.36. The van der Waals surface area contributed by atoms with Gasteiger partial charge in [0.15, 0.2) is 11.5 Å². The Morgan fingerprint density at radius 3 is 2.79 bits per heavy atom. The Bertz CT molecular complexity index is 1540. The van der Waals surface area contributed by atoms with Crippen LogP contribution >= 0.6 is 11.3 Å². The molecule has 4 aromatic rings. The Morgan fingerprint density at radius 1 is 1.03 bits per heavy atom. The summed E-state index contributed by atoms with van der Waals surface area (Å²) in [4.78, 5) is 17.7. The van der Waals surface area contributed by atoms with E-state index < -0.39 is 0 Å². The van der Waals surface area contributed by atoms with Gasteiger partial charge in [0, 0.05) is 28.4 Å². The van der Waals surface area contributed by atoms with Crippen molar-refractivity contribution in [1.29, 1.82) is 0 Å². The van der Waals surface area contributed by atoms with Gasteiger partial charge in [-0.15, -0.1) is 11.3 Å². The molecule has 1 N–H and O–H groups in total. The third-order valence-electron chi connectivity index (χ3n) is 7.72. The molecule has 0 saturated carbocycles. The lowest BCUT2D eigenvalue weighted by Gasteiger charge is -2.32. The minimum atomic E-state index is -0.295. The molecule has 4 heterocycles. The molecule has 1 unspecified atom stereocenters. The van der Waals surface area contributed by atoms with E-state index >= 15 is 0 Å². The first kappa shape index (κ1) is 24.2. The number of hydrogen-bond donors (Lipinski definition) is 1. The standard InChI is InChI=1S/C31H31N3O4S/c1-2-36-22-8-5-7-20(17-22)29-25-10-6-14-33(25)30-24(23-9-3-4-11-28(23)39-30)19-34(29)31(35)32-21-12-13-26-27(18-21)38-16-15-37-26/h5-8,10,12-14,17-18,29H,2-4,9,11,15-16,19H2,1H3,(H,32,35). The number of anilines is 1. The van der Waals surface area contributed by atoms with Crippen LogP contribution in [0.25, 0.3) is 5.00 Å². The van der Waals surface area contributed by atoms with Crippen molar-refractivity contribution < 1.29 is 19.0 Å². The molecular formula is C31H31N3O4S. The number of nitrogens with zero attached hydrogens (tertiary/aromatic N) is 2. The SMILES string of the molecule is CCOc1cccc(C2c3cccn3-c3sc4c(c3CN2C(=O)Nc2ccc3c(c2)OCCO3)CCCC4)c1. The highest BCUT2D eigenvalue weighted by atomic mass is 32.1. The Kier molecular flexibility index (Phi) is 6.19. The fourth-order valence-corrected chi connectivity index (χ4v) is 7.40. The zero-order valence-electron chi connectivity index (χ0n) is 21.9. The number of aromatic nitrogens is 1. The maximum atomic E-state index is 14.2. The number of ether oxygens (including phenoxy) is 3. The molecule has 8 heteroatoms. The lowest BCUT2D eigenvalue weighted by Crippen LogP contribution is -2.38. The first-order valence-electron chi connectivity index (χ1n) is 13.7.